The maximum absolute atomic E-state index is 13.6. The molecule has 4 nitrogen and oxygen atoms in total. The number of halogens is 1. The molecule has 1 aliphatic rings. The maximum Gasteiger partial charge on any atom is 0.123 e. The van der Waals surface area contributed by atoms with Gasteiger partial charge < -0.3 is 9.64 Å². The maximum atomic E-state index is 13.6. The zero-order valence-electron chi connectivity index (χ0n) is 17.9. The molecule has 5 heteroatoms. The number of hydrogen-bond acceptors (Lipinski definition) is 3. The van der Waals surface area contributed by atoms with Gasteiger partial charge in [0, 0.05) is 5.39 Å². The molecular weight excluding hydrogens is 389 g/mol. The Balaban J connectivity index is 1.54. The fourth-order valence-corrected chi connectivity index (χ4v) is 4.64. The third kappa shape index (κ3) is 3.64. The average molecular weight is 416 g/mol. The van der Waals surface area contributed by atoms with Crippen LogP contribution in [0.15, 0.2) is 66.9 Å². The van der Waals surface area contributed by atoms with Crippen LogP contribution in [0.3, 0.4) is 0 Å². The second kappa shape index (κ2) is 7.91. The molecule has 1 aliphatic heterocycles. The molecule has 31 heavy (non-hydrogen) atoms. The summed E-state index contributed by atoms with van der Waals surface area (Å²) in [4.78, 5) is 2.18. The molecule has 0 radical (unpaired) electrons. The Bertz CT molecular complexity index is 1220. The van der Waals surface area contributed by atoms with Crippen molar-refractivity contribution in [3.05, 3.63) is 89.4 Å². The molecule has 0 saturated carbocycles. The molecule has 0 spiro atoms. The molecule has 1 atom stereocenters. The summed E-state index contributed by atoms with van der Waals surface area (Å²) in [5.74, 6) is -0.226. The van der Waals surface area contributed by atoms with E-state index in [1.54, 1.807) is 0 Å². The predicted molar refractivity (Wildman–Crippen MR) is 121 cm³/mol. The summed E-state index contributed by atoms with van der Waals surface area (Å²) in [6, 6.07) is 19.7. The molecule has 0 fully saturated rings. The van der Waals surface area contributed by atoms with E-state index in [4.69, 9.17) is 4.74 Å². The molecule has 3 aromatic carbocycles. The Kier molecular flexibility index (Phi) is 5.08. The van der Waals surface area contributed by atoms with Crippen molar-refractivity contribution in [3.63, 3.8) is 0 Å². The van der Waals surface area contributed by atoms with Crippen molar-refractivity contribution in [1.82, 2.24) is 15.1 Å². The third-order valence-corrected chi connectivity index (χ3v) is 6.23. The van der Waals surface area contributed by atoms with Crippen molar-refractivity contribution in [2.45, 2.75) is 25.0 Å². The van der Waals surface area contributed by atoms with E-state index >= 15 is 0 Å². The van der Waals surface area contributed by atoms with Gasteiger partial charge >= 0.3 is 0 Å². The van der Waals surface area contributed by atoms with Gasteiger partial charge in [-0.25, -0.2) is 4.39 Å². The first-order valence-electron chi connectivity index (χ1n) is 10.7. The van der Waals surface area contributed by atoms with Gasteiger partial charge in [0.15, 0.2) is 0 Å². The minimum Gasteiger partial charge on any atom is -0.361 e. The summed E-state index contributed by atoms with van der Waals surface area (Å²) in [6.07, 6.45) is 3.69. The van der Waals surface area contributed by atoms with Gasteiger partial charge in [-0.05, 0) is 91.6 Å². The van der Waals surface area contributed by atoms with E-state index in [0.29, 0.717) is 6.61 Å². The van der Waals surface area contributed by atoms with Crippen molar-refractivity contribution in [1.29, 1.82) is 0 Å². The fourth-order valence-electron chi connectivity index (χ4n) is 4.64. The topological polar surface area (TPSA) is 41.1 Å². The van der Waals surface area contributed by atoms with Crippen LogP contribution in [-0.2, 0) is 16.9 Å². The summed E-state index contributed by atoms with van der Waals surface area (Å²) in [6.45, 7) is 1.53. The van der Waals surface area contributed by atoms with Gasteiger partial charge in [0.25, 0.3) is 0 Å². The summed E-state index contributed by atoms with van der Waals surface area (Å²) in [5.41, 5.74) is 6.21. The molecule has 158 valence electrons. The quantitative estimate of drug-likeness (QED) is 0.453. The Morgan fingerprint density at radius 2 is 1.81 bits per heavy atom. The molecule has 1 unspecified atom stereocenters. The van der Waals surface area contributed by atoms with E-state index in [-0.39, 0.29) is 5.82 Å². The number of rotatable bonds is 6. The molecule has 5 rings (SSSR count). The molecule has 4 aromatic rings. The standard InChI is InChI=1S/C26H26FN3O/c1-30(2)13-3-12-26(22-6-8-23(27)9-7-22)24-10-4-18(15-21(24)17-31-26)19-5-11-25-20(14-19)16-28-29-25/h4-11,14-16H,3,12-13,17H2,1-2H3,(H,28,29). The Hall–Kier alpha value is -3.02. The molecule has 0 aliphatic carbocycles. The highest BCUT2D eigenvalue weighted by atomic mass is 19.1. The normalized spacial score (nSPS) is 18.1. The number of aromatic nitrogens is 2. The first-order chi connectivity index (χ1) is 15.0. The molecule has 0 amide bonds. The number of benzene rings is 3. The van der Waals surface area contributed by atoms with Crippen LogP contribution in [-0.4, -0.2) is 35.7 Å². The van der Waals surface area contributed by atoms with Gasteiger partial charge in [-0.1, -0.05) is 30.3 Å². The van der Waals surface area contributed by atoms with Gasteiger partial charge in [-0.2, -0.15) is 5.10 Å². The lowest BCUT2D eigenvalue weighted by Gasteiger charge is -2.31. The highest BCUT2D eigenvalue weighted by Gasteiger charge is 2.41. The lowest BCUT2D eigenvalue weighted by molar-refractivity contribution is -0.0140. The van der Waals surface area contributed by atoms with Crippen LogP contribution >= 0.6 is 0 Å². The summed E-state index contributed by atoms with van der Waals surface area (Å²) in [5, 5.41) is 8.21. The zero-order valence-corrected chi connectivity index (χ0v) is 17.9. The SMILES string of the molecule is CN(C)CCCC1(c2ccc(F)cc2)OCc2cc(-c3ccc4[nH]ncc4c3)ccc21. The smallest absolute Gasteiger partial charge is 0.123 e. The number of nitrogens with zero attached hydrogens (tertiary/aromatic N) is 2. The minimum absolute atomic E-state index is 0.226. The van der Waals surface area contributed by atoms with Crippen molar-refractivity contribution in [3.8, 4) is 11.1 Å². The van der Waals surface area contributed by atoms with Gasteiger partial charge in [-0.3, -0.25) is 5.10 Å². The number of ether oxygens (including phenoxy) is 1. The van der Waals surface area contributed by atoms with Crippen LogP contribution in [0.1, 0.15) is 29.5 Å². The first-order valence-corrected chi connectivity index (χ1v) is 10.7. The van der Waals surface area contributed by atoms with Crippen LogP contribution in [0.4, 0.5) is 4.39 Å². The van der Waals surface area contributed by atoms with Crippen LogP contribution in [0, 0.1) is 5.82 Å². The fraction of sp³-hybridized carbons (Fsp3) is 0.269. The molecular formula is C26H26FN3O. The summed E-state index contributed by atoms with van der Waals surface area (Å²) >= 11 is 0. The predicted octanol–water partition coefficient (Wildman–Crippen LogP) is 5.48. The molecule has 1 N–H and O–H groups in total. The number of fused-ring (bicyclic) bond motifs is 2. The first kappa shape index (κ1) is 19.9. The van der Waals surface area contributed by atoms with Gasteiger partial charge in [0.05, 0.1) is 18.3 Å². The monoisotopic (exact) mass is 415 g/mol. The second-order valence-corrected chi connectivity index (χ2v) is 8.57. The van der Waals surface area contributed by atoms with Crippen molar-refractivity contribution >= 4 is 10.9 Å². The number of aromatic amines is 1. The van der Waals surface area contributed by atoms with Crippen LogP contribution in [0.5, 0.6) is 0 Å². The van der Waals surface area contributed by atoms with E-state index < -0.39 is 5.60 Å². The van der Waals surface area contributed by atoms with Crippen molar-refractivity contribution < 1.29 is 9.13 Å². The van der Waals surface area contributed by atoms with Crippen LogP contribution < -0.4 is 0 Å². The lowest BCUT2D eigenvalue weighted by atomic mass is 9.81. The number of hydrogen-bond donors (Lipinski definition) is 1. The average Bonchev–Trinajstić information content (AvgIpc) is 3.38. The van der Waals surface area contributed by atoms with Gasteiger partial charge in [0.1, 0.15) is 11.4 Å². The number of H-pyrrole nitrogens is 1. The molecule has 0 bridgehead atoms. The molecule has 1 aromatic heterocycles. The van der Waals surface area contributed by atoms with Gasteiger partial charge in [0.2, 0.25) is 0 Å². The summed E-state index contributed by atoms with van der Waals surface area (Å²) < 4.78 is 20.1. The highest BCUT2D eigenvalue weighted by molar-refractivity contribution is 5.84. The second-order valence-electron chi connectivity index (χ2n) is 8.57. The van der Waals surface area contributed by atoms with Crippen molar-refractivity contribution in [2.75, 3.05) is 20.6 Å². The highest BCUT2D eigenvalue weighted by Crippen LogP contribution is 2.46. The van der Waals surface area contributed by atoms with E-state index in [9.17, 15) is 4.39 Å². The Morgan fingerprint density at radius 1 is 1.03 bits per heavy atom. The number of nitrogens with one attached hydrogen (secondary N) is 1. The molecule has 0 saturated heterocycles. The third-order valence-electron chi connectivity index (χ3n) is 6.23. The molecule has 2 heterocycles. The minimum atomic E-state index is -0.536. The van der Waals surface area contributed by atoms with E-state index in [0.717, 1.165) is 47.0 Å². The van der Waals surface area contributed by atoms with Gasteiger partial charge in [-0.15, -0.1) is 0 Å². The van der Waals surface area contributed by atoms with E-state index in [1.165, 1.54) is 23.3 Å². The lowest BCUT2D eigenvalue weighted by Crippen LogP contribution is -2.28. The van der Waals surface area contributed by atoms with E-state index in [2.05, 4.69) is 65.6 Å². The van der Waals surface area contributed by atoms with Crippen molar-refractivity contribution in [2.24, 2.45) is 0 Å². The van der Waals surface area contributed by atoms with Crippen LogP contribution in [0.25, 0.3) is 22.0 Å². The zero-order chi connectivity index (χ0) is 21.4. The Morgan fingerprint density at radius 3 is 2.61 bits per heavy atom. The van der Waals surface area contributed by atoms with E-state index in [1.807, 2.05) is 18.3 Å². The summed E-state index contributed by atoms with van der Waals surface area (Å²) in [7, 11) is 4.16. The Labute approximate surface area is 181 Å². The van der Waals surface area contributed by atoms with Crippen LogP contribution in [0.2, 0.25) is 0 Å². The largest absolute Gasteiger partial charge is 0.361 e.